The van der Waals surface area contributed by atoms with Crippen LogP contribution in [0.4, 0.5) is 5.69 Å². The number of hydrogen-bond acceptors (Lipinski definition) is 3. The van der Waals surface area contributed by atoms with Gasteiger partial charge in [-0.25, -0.2) is 0 Å². The lowest BCUT2D eigenvalue weighted by atomic mass is 10.0. The molecule has 1 aliphatic carbocycles. The van der Waals surface area contributed by atoms with Crippen molar-refractivity contribution in [2.75, 3.05) is 5.32 Å². The summed E-state index contributed by atoms with van der Waals surface area (Å²) in [5.41, 5.74) is -0.279. The summed E-state index contributed by atoms with van der Waals surface area (Å²) in [5, 5.41) is 5.57. The van der Waals surface area contributed by atoms with E-state index in [1.807, 2.05) is 12.1 Å². The average Bonchev–Trinajstić information content (AvgIpc) is 3.15. The smallest absolute Gasteiger partial charge is 0.240 e. The van der Waals surface area contributed by atoms with E-state index >= 15 is 0 Å². The number of furan rings is 1. The van der Waals surface area contributed by atoms with Crippen molar-refractivity contribution in [3.8, 4) is 0 Å². The van der Waals surface area contributed by atoms with Gasteiger partial charge in [-0.15, -0.1) is 0 Å². The minimum Gasteiger partial charge on any atom is -0.467 e. The molecule has 0 atom stereocenters. The van der Waals surface area contributed by atoms with Gasteiger partial charge in [-0.3, -0.25) is 9.59 Å². The molecule has 22 heavy (non-hydrogen) atoms. The molecule has 0 unspecified atom stereocenters. The van der Waals surface area contributed by atoms with Crippen LogP contribution in [0.15, 0.2) is 51.6 Å². The van der Waals surface area contributed by atoms with Crippen molar-refractivity contribution in [1.29, 1.82) is 0 Å². The van der Waals surface area contributed by atoms with Gasteiger partial charge in [-0.1, -0.05) is 22.0 Å². The zero-order chi connectivity index (χ0) is 15.6. The molecule has 2 amide bonds. The second kappa shape index (κ2) is 5.96. The van der Waals surface area contributed by atoms with Crippen LogP contribution in [0.3, 0.4) is 0 Å². The highest BCUT2D eigenvalue weighted by molar-refractivity contribution is 9.10. The molecule has 1 fully saturated rings. The molecule has 0 saturated heterocycles. The van der Waals surface area contributed by atoms with E-state index in [9.17, 15) is 9.59 Å². The maximum Gasteiger partial charge on any atom is 0.240 e. The first kappa shape index (κ1) is 14.8. The topological polar surface area (TPSA) is 71.3 Å². The molecule has 1 saturated carbocycles. The molecule has 6 heteroatoms. The second-order valence-corrected chi connectivity index (χ2v) is 6.22. The zero-order valence-corrected chi connectivity index (χ0v) is 13.4. The number of rotatable bonds is 5. The lowest BCUT2D eigenvalue weighted by Gasteiger charge is -2.15. The van der Waals surface area contributed by atoms with Gasteiger partial charge in [0.25, 0.3) is 0 Å². The number of halogens is 1. The largest absolute Gasteiger partial charge is 0.467 e. The molecule has 1 aromatic carbocycles. The normalized spacial score (nSPS) is 15.1. The number of carbonyl (C=O) groups is 2. The van der Waals surface area contributed by atoms with Crippen LogP contribution < -0.4 is 10.6 Å². The molecule has 2 aromatic rings. The van der Waals surface area contributed by atoms with Crippen LogP contribution in [0, 0.1) is 5.41 Å². The predicted molar refractivity (Wildman–Crippen MR) is 85.0 cm³/mol. The SMILES string of the molecule is O=C(NCc1ccco1)C1(C(=O)Nc2cccc(Br)c2)CC1. The van der Waals surface area contributed by atoms with E-state index in [4.69, 9.17) is 4.42 Å². The van der Waals surface area contributed by atoms with Crippen molar-refractivity contribution < 1.29 is 14.0 Å². The van der Waals surface area contributed by atoms with Gasteiger partial charge in [0.1, 0.15) is 11.2 Å². The van der Waals surface area contributed by atoms with Gasteiger partial charge >= 0.3 is 0 Å². The Hall–Kier alpha value is -2.08. The van der Waals surface area contributed by atoms with Crippen molar-refractivity contribution in [1.82, 2.24) is 5.32 Å². The second-order valence-electron chi connectivity index (χ2n) is 5.31. The Morgan fingerprint density at radius 2 is 2.00 bits per heavy atom. The third kappa shape index (κ3) is 3.06. The Morgan fingerprint density at radius 3 is 2.64 bits per heavy atom. The highest BCUT2D eigenvalue weighted by atomic mass is 79.9. The minimum atomic E-state index is -0.949. The Balaban J connectivity index is 1.62. The standard InChI is InChI=1S/C16H15BrN2O3/c17-11-3-1-4-12(9-11)19-15(21)16(6-7-16)14(20)18-10-13-5-2-8-22-13/h1-5,8-9H,6-7,10H2,(H,18,20)(H,19,21). The molecule has 0 aliphatic heterocycles. The quantitative estimate of drug-likeness (QED) is 0.802. The first-order valence-electron chi connectivity index (χ1n) is 6.98. The van der Waals surface area contributed by atoms with Crippen LogP contribution in [-0.2, 0) is 16.1 Å². The third-order valence-corrected chi connectivity index (χ3v) is 4.20. The number of hydrogen-bond donors (Lipinski definition) is 2. The fourth-order valence-electron chi connectivity index (χ4n) is 2.25. The Bertz CT molecular complexity index is 693. The summed E-state index contributed by atoms with van der Waals surface area (Å²) in [6.07, 6.45) is 2.68. The number of carbonyl (C=O) groups excluding carboxylic acids is 2. The van der Waals surface area contributed by atoms with Gasteiger partial charge in [-0.2, -0.15) is 0 Å². The van der Waals surface area contributed by atoms with Crippen molar-refractivity contribution in [3.63, 3.8) is 0 Å². The molecule has 114 valence electrons. The fourth-order valence-corrected chi connectivity index (χ4v) is 2.65. The lowest BCUT2D eigenvalue weighted by molar-refractivity contribution is -0.134. The van der Waals surface area contributed by atoms with Crippen LogP contribution in [0.2, 0.25) is 0 Å². The molecule has 0 bridgehead atoms. The predicted octanol–water partition coefficient (Wildman–Crippen LogP) is 3.08. The first-order chi connectivity index (χ1) is 10.6. The summed E-state index contributed by atoms with van der Waals surface area (Å²) in [5.74, 6) is 0.149. The van der Waals surface area contributed by atoms with E-state index in [-0.39, 0.29) is 18.4 Å². The highest BCUT2D eigenvalue weighted by Crippen LogP contribution is 2.47. The van der Waals surface area contributed by atoms with Crippen LogP contribution in [0.5, 0.6) is 0 Å². The zero-order valence-electron chi connectivity index (χ0n) is 11.8. The van der Waals surface area contributed by atoms with E-state index in [1.54, 1.807) is 30.5 Å². The molecule has 1 heterocycles. The third-order valence-electron chi connectivity index (χ3n) is 3.71. The van der Waals surface area contributed by atoms with Gasteiger partial charge in [-0.05, 0) is 43.2 Å². The Kier molecular flexibility index (Phi) is 4.02. The molecule has 0 radical (unpaired) electrons. The van der Waals surface area contributed by atoms with Crippen LogP contribution in [0.25, 0.3) is 0 Å². The molecule has 1 aromatic heterocycles. The monoisotopic (exact) mass is 362 g/mol. The molecular weight excluding hydrogens is 348 g/mol. The van der Waals surface area contributed by atoms with Gasteiger partial charge in [0.2, 0.25) is 11.8 Å². The van der Waals surface area contributed by atoms with Crippen LogP contribution >= 0.6 is 15.9 Å². The molecule has 3 rings (SSSR count). The molecule has 5 nitrogen and oxygen atoms in total. The van der Waals surface area contributed by atoms with Crippen molar-refractivity contribution in [2.24, 2.45) is 5.41 Å². The molecular formula is C16H15BrN2O3. The summed E-state index contributed by atoms with van der Waals surface area (Å²) in [7, 11) is 0. The van der Waals surface area contributed by atoms with E-state index in [2.05, 4.69) is 26.6 Å². The summed E-state index contributed by atoms with van der Waals surface area (Å²) in [4.78, 5) is 24.7. The number of amides is 2. The highest BCUT2D eigenvalue weighted by Gasteiger charge is 2.56. The number of benzene rings is 1. The van der Waals surface area contributed by atoms with Gasteiger partial charge < -0.3 is 15.1 Å². The van der Waals surface area contributed by atoms with Crippen molar-refractivity contribution in [3.05, 3.63) is 52.9 Å². The Labute approximate surface area is 136 Å². The van der Waals surface area contributed by atoms with Crippen molar-refractivity contribution in [2.45, 2.75) is 19.4 Å². The first-order valence-corrected chi connectivity index (χ1v) is 7.77. The minimum absolute atomic E-state index is 0.253. The summed E-state index contributed by atoms with van der Waals surface area (Å²) in [6.45, 7) is 0.289. The maximum atomic E-state index is 12.4. The molecule has 0 spiro atoms. The van der Waals surface area contributed by atoms with E-state index in [1.165, 1.54) is 0 Å². The van der Waals surface area contributed by atoms with Gasteiger partial charge in [0, 0.05) is 10.2 Å². The van der Waals surface area contributed by atoms with Crippen LogP contribution in [0.1, 0.15) is 18.6 Å². The molecule has 1 aliphatic rings. The number of nitrogens with one attached hydrogen (secondary N) is 2. The van der Waals surface area contributed by atoms with Gasteiger partial charge in [0.15, 0.2) is 0 Å². The van der Waals surface area contributed by atoms with Crippen molar-refractivity contribution >= 4 is 33.4 Å². The maximum absolute atomic E-state index is 12.4. The lowest BCUT2D eigenvalue weighted by Crippen LogP contribution is -2.39. The number of anilines is 1. The average molecular weight is 363 g/mol. The summed E-state index contributed by atoms with van der Waals surface area (Å²) >= 11 is 3.35. The van der Waals surface area contributed by atoms with E-state index < -0.39 is 5.41 Å². The fraction of sp³-hybridized carbons (Fsp3) is 0.250. The Morgan fingerprint density at radius 1 is 1.18 bits per heavy atom. The van der Waals surface area contributed by atoms with E-state index in [0.29, 0.717) is 24.3 Å². The van der Waals surface area contributed by atoms with Gasteiger partial charge in [0.05, 0.1) is 12.8 Å². The summed E-state index contributed by atoms with van der Waals surface area (Å²) < 4.78 is 6.04. The van der Waals surface area contributed by atoms with Crippen LogP contribution in [-0.4, -0.2) is 11.8 Å². The summed E-state index contributed by atoms with van der Waals surface area (Å²) in [6, 6.07) is 10.8. The van der Waals surface area contributed by atoms with E-state index in [0.717, 1.165) is 4.47 Å². The molecule has 2 N–H and O–H groups in total.